The number of benzene rings is 2. The summed E-state index contributed by atoms with van der Waals surface area (Å²) in [6, 6.07) is 3.61. The molecule has 244 valence electrons. The maximum atomic E-state index is 15.5. The van der Waals surface area contributed by atoms with Gasteiger partial charge >= 0.3 is 11.9 Å². The number of hydrogen-bond donors (Lipinski definition) is 2. The Labute approximate surface area is 268 Å². The van der Waals surface area contributed by atoms with Crippen LogP contribution < -0.4 is 18.9 Å². The Hall–Kier alpha value is -4.07. The zero-order chi connectivity index (χ0) is 33.0. The lowest BCUT2D eigenvalue weighted by Gasteiger charge is -2.17. The number of ether oxygens (including phenoxy) is 4. The molecule has 14 heteroatoms. The van der Waals surface area contributed by atoms with Gasteiger partial charge in [0.2, 0.25) is 11.8 Å². The summed E-state index contributed by atoms with van der Waals surface area (Å²) in [5.74, 6) is -3.98. The quantitative estimate of drug-likeness (QED) is 0.273. The third-order valence-corrected chi connectivity index (χ3v) is 8.75. The SMILES string of the molecule is COc1cc2c(cc1OCCCOc1c(Br)c3c(c(F)c1OC)CN(C(=O)C[C@H](C)C(=O)O)C3)CN(C(=O)C[C@H](C)C(=O)O)C2. The van der Waals surface area contributed by atoms with E-state index in [9.17, 15) is 19.2 Å². The van der Waals surface area contributed by atoms with Crippen molar-refractivity contribution in [1.29, 1.82) is 0 Å². The second kappa shape index (κ2) is 14.4. The Bertz CT molecular complexity index is 1500. The monoisotopic (exact) mass is 694 g/mol. The number of nitrogens with zero attached hydrogens (tertiary/aromatic N) is 2. The number of amides is 2. The molecular weight excluding hydrogens is 659 g/mol. The van der Waals surface area contributed by atoms with Crippen molar-refractivity contribution in [2.45, 2.75) is 59.3 Å². The molecule has 0 saturated carbocycles. The predicted molar refractivity (Wildman–Crippen MR) is 161 cm³/mol. The minimum absolute atomic E-state index is 0.00852. The van der Waals surface area contributed by atoms with Gasteiger partial charge in [0.1, 0.15) is 0 Å². The molecule has 2 aromatic rings. The Morgan fingerprint density at radius 2 is 1.31 bits per heavy atom. The van der Waals surface area contributed by atoms with Crippen LogP contribution in [-0.4, -0.2) is 71.2 Å². The number of halogens is 2. The van der Waals surface area contributed by atoms with Gasteiger partial charge in [0.05, 0.1) is 43.7 Å². The number of rotatable bonds is 14. The second-order valence-corrected chi connectivity index (χ2v) is 11.9. The van der Waals surface area contributed by atoms with Gasteiger partial charge in [-0.1, -0.05) is 13.8 Å². The number of aliphatic carboxylic acids is 2. The summed E-state index contributed by atoms with van der Waals surface area (Å²) in [7, 11) is 2.83. The van der Waals surface area contributed by atoms with E-state index >= 15 is 4.39 Å². The van der Waals surface area contributed by atoms with E-state index < -0.39 is 29.6 Å². The van der Waals surface area contributed by atoms with Crippen molar-refractivity contribution < 1.29 is 52.7 Å². The fourth-order valence-corrected chi connectivity index (χ4v) is 5.88. The molecule has 0 spiro atoms. The number of carbonyl (C=O) groups is 4. The molecule has 2 amide bonds. The fourth-order valence-electron chi connectivity index (χ4n) is 5.22. The van der Waals surface area contributed by atoms with Crippen molar-refractivity contribution in [2.75, 3.05) is 27.4 Å². The minimum Gasteiger partial charge on any atom is -0.493 e. The van der Waals surface area contributed by atoms with Crippen LogP contribution in [0.3, 0.4) is 0 Å². The normalized spacial score (nSPS) is 14.8. The summed E-state index contributed by atoms with van der Waals surface area (Å²) in [6.07, 6.45) is 0.131. The molecule has 2 aliphatic heterocycles. The third-order valence-electron chi connectivity index (χ3n) is 7.91. The van der Waals surface area contributed by atoms with Gasteiger partial charge in [-0.25, -0.2) is 4.39 Å². The van der Waals surface area contributed by atoms with Gasteiger partial charge in [-0.15, -0.1) is 0 Å². The first kappa shape index (κ1) is 33.8. The molecular formula is C31H36BrFN2O10. The van der Waals surface area contributed by atoms with E-state index in [1.165, 1.54) is 33.0 Å². The highest BCUT2D eigenvalue weighted by Crippen LogP contribution is 2.46. The molecule has 4 rings (SSSR count). The molecule has 0 fully saturated rings. The van der Waals surface area contributed by atoms with Gasteiger partial charge < -0.3 is 39.0 Å². The van der Waals surface area contributed by atoms with Crippen LogP contribution in [0.25, 0.3) is 0 Å². The molecule has 0 saturated heterocycles. The van der Waals surface area contributed by atoms with Gasteiger partial charge in [0, 0.05) is 51.0 Å². The van der Waals surface area contributed by atoms with Crippen molar-refractivity contribution >= 4 is 39.7 Å². The van der Waals surface area contributed by atoms with E-state index in [0.717, 1.165) is 11.1 Å². The Morgan fingerprint density at radius 1 is 0.800 bits per heavy atom. The van der Waals surface area contributed by atoms with Crippen LogP contribution >= 0.6 is 15.9 Å². The lowest BCUT2D eigenvalue weighted by molar-refractivity contribution is -0.145. The van der Waals surface area contributed by atoms with Crippen molar-refractivity contribution in [2.24, 2.45) is 11.8 Å². The van der Waals surface area contributed by atoms with E-state index in [4.69, 9.17) is 29.2 Å². The molecule has 2 aromatic carbocycles. The standard InChI is InChI=1S/C31H36BrFN2O10/c1-16(30(38)39)8-24(36)34-12-18-10-22(42-3)23(11-19(18)13-34)44-6-5-7-45-28-26(32)20-14-35(25(37)9-17(2)31(40)41)15-21(20)27(33)29(28)43-4/h10-11,16-17H,5-9,12-15H2,1-4H3,(H,38,39)(H,40,41)/t16-,17-/m0/s1. The summed E-state index contributed by atoms with van der Waals surface area (Å²) in [5, 5.41) is 18.3. The number of carbonyl (C=O) groups excluding carboxylic acids is 2. The fraction of sp³-hybridized carbons (Fsp3) is 0.484. The van der Waals surface area contributed by atoms with Crippen LogP contribution in [0.1, 0.15) is 55.4 Å². The molecule has 12 nitrogen and oxygen atoms in total. The summed E-state index contributed by atoms with van der Waals surface area (Å²) < 4.78 is 38.6. The Morgan fingerprint density at radius 3 is 1.84 bits per heavy atom. The van der Waals surface area contributed by atoms with Crippen LogP contribution in [0, 0.1) is 17.7 Å². The molecule has 0 radical (unpaired) electrons. The zero-order valence-electron chi connectivity index (χ0n) is 25.5. The number of carboxylic acid groups (broad SMARTS) is 2. The van der Waals surface area contributed by atoms with Crippen molar-refractivity contribution in [3.63, 3.8) is 0 Å². The molecule has 0 aromatic heterocycles. The van der Waals surface area contributed by atoms with Crippen LogP contribution in [0.15, 0.2) is 16.6 Å². The third kappa shape index (κ3) is 7.43. The average Bonchev–Trinajstić information content (AvgIpc) is 3.64. The van der Waals surface area contributed by atoms with E-state index in [0.29, 0.717) is 41.0 Å². The van der Waals surface area contributed by atoms with E-state index in [-0.39, 0.29) is 68.0 Å². The van der Waals surface area contributed by atoms with Gasteiger partial charge in [-0.05, 0) is 44.8 Å². The highest BCUT2D eigenvalue weighted by molar-refractivity contribution is 9.10. The number of methoxy groups -OCH3 is 2. The number of fused-ring (bicyclic) bond motifs is 2. The minimum atomic E-state index is -1.08. The van der Waals surface area contributed by atoms with Gasteiger partial charge in [-0.2, -0.15) is 0 Å². The molecule has 0 aliphatic carbocycles. The first-order valence-electron chi connectivity index (χ1n) is 14.4. The van der Waals surface area contributed by atoms with Crippen LogP contribution in [0.2, 0.25) is 0 Å². The van der Waals surface area contributed by atoms with E-state index in [1.54, 1.807) is 11.0 Å². The molecule has 0 unspecified atom stereocenters. The number of carboxylic acids is 2. The summed E-state index contributed by atoms with van der Waals surface area (Å²) in [6.45, 7) is 4.10. The second-order valence-electron chi connectivity index (χ2n) is 11.2. The Balaban J connectivity index is 1.36. The highest BCUT2D eigenvalue weighted by Gasteiger charge is 2.34. The molecule has 2 N–H and O–H groups in total. The molecule has 0 bridgehead atoms. The first-order valence-corrected chi connectivity index (χ1v) is 15.2. The lowest BCUT2D eigenvalue weighted by Crippen LogP contribution is -2.28. The summed E-state index contributed by atoms with van der Waals surface area (Å²) in [5.41, 5.74) is 2.59. The Kier molecular flexibility index (Phi) is 10.8. The number of hydrogen-bond acceptors (Lipinski definition) is 8. The maximum absolute atomic E-state index is 15.5. The van der Waals surface area contributed by atoms with E-state index in [2.05, 4.69) is 15.9 Å². The molecule has 2 heterocycles. The molecule has 2 atom stereocenters. The lowest BCUT2D eigenvalue weighted by atomic mass is 10.1. The topological polar surface area (TPSA) is 152 Å². The maximum Gasteiger partial charge on any atom is 0.306 e. The van der Waals surface area contributed by atoms with Crippen molar-refractivity contribution in [3.8, 4) is 23.0 Å². The zero-order valence-corrected chi connectivity index (χ0v) is 27.1. The predicted octanol–water partition coefficient (Wildman–Crippen LogP) is 4.36. The van der Waals surface area contributed by atoms with E-state index in [1.807, 2.05) is 6.07 Å². The van der Waals surface area contributed by atoms with Crippen LogP contribution in [-0.2, 0) is 45.4 Å². The smallest absolute Gasteiger partial charge is 0.306 e. The van der Waals surface area contributed by atoms with Crippen molar-refractivity contribution in [1.82, 2.24) is 9.80 Å². The first-order chi connectivity index (χ1) is 21.4. The van der Waals surface area contributed by atoms with Crippen LogP contribution in [0.4, 0.5) is 4.39 Å². The average molecular weight is 696 g/mol. The van der Waals surface area contributed by atoms with Crippen LogP contribution in [0.5, 0.6) is 23.0 Å². The van der Waals surface area contributed by atoms with Gasteiger partial charge in [-0.3, -0.25) is 19.2 Å². The van der Waals surface area contributed by atoms with Gasteiger partial charge in [0.25, 0.3) is 0 Å². The van der Waals surface area contributed by atoms with Gasteiger partial charge in [0.15, 0.2) is 28.8 Å². The van der Waals surface area contributed by atoms with Crippen molar-refractivity contribution in [3.05, 3.63) is 44.7 Å². The molecule has 2 aliphatic rings. The summed E-state index contributed by atoms with van der Waals surface area (Å²) >= 11 is 3.49. The largest absolute Gasteiger partial charge is 0.493 e. The highest BCUT2D eigenvalue weighted by atomic mass is 79.9. The molecule has 45 heavy (non-hydrogen) atoms. The summed E-state index contributed by atoms with van der Waals surface area (Å²) in [4.78, 5) is 50.6.